The van der Waals surface area contributed by atoms with Gasteiger partial charge in [-0.2, -0.15) is 0 Å². The third-order valence-electron chi connectivity index (χ3n) is 1.52. The van der Waals surface area contributed by atoms with Gasteiger partial charge in [0.05, 0.1) is 33.0 Å². The van der Waals surface area contributed by atoms with Gasteiger partial charge in [-0.1, -0.05) is 12.1 Å². The third-order valence-corrected chi connectivity index (χ3v) is 1.52. The predicted molar refractivity (Wildman–Crippen MR) is 57.3 cm³/mol. The monoisotopic (exact) mass is 232 g/mol. The van der Waals surface area contributed by atoms with Gasteiger partial charge in [0.1, 0.15) is 5.82 Å². The molecule has 0 radical (unpaired) electrons. The van der Waals surface area contributed by atoms with E-state index in [1.54, 1.807) is 12.1 Å². The zero-order valence-electron chi connectivity index (χ0n) is 8.97. The highest BCUT2D eigenvalue weighted by molar-refractivity contribution is 5.14. The van der Waals surface area contributed by atoms with Gasteiger partial charge in [0.25, 0.3) is 0 Å². The highest BCUT2D eigenvalue weighted by Crippen LogP contribution is 2.03. The summed E-state index contributed by atoms with van der Waals surface area (Å²) in [4.78, 5) is 0. The molecule has 0 spiro atoms. The molecule has 16 heavy (non-hydrogen) atoms. The van der Waals surface area contributed by atoms with Gasteiger partial charge in [-0.3, -0.25) is 0 Å². The molecule has 0 aromatic heterocycles. The van der Waals surface area contributed by atoms with E-state index in [2.05, 4.69) is 0 Å². The number of rotatable bonds is 5. The summed E-state index contributed by atoms with van der Waals surface area (Å²) in [7, 11) is 0. The Hall–Kier alpha value is -1.01. The second-order valence-electron chi connectivity index (χ2n) is 2.85. The van der Waals surface area contributed by atoms with Crippen LogP contribution in [0.4, 0.5) is 4.39 Å². The minimum atomic E-state index is -0.249. The van der Waals surface area contributed by atoms with Crippen LogP contribution in [-0.4, -0.2) is 41.7 Å². The molecule has 0 bridgehead atoms. The molecule has 1 aromatic carbocycles. The molecule has 0 saturated heterocycles. The van der Waals surface area contributed by atoms with Crippen molar-refractivity contribution < 1.29 is 24.4 Å². The van der Waals surface area contributed by atoms with E-state index in [1.807, 2.05) is 0 Å². The van der Waals surface area contributed by atoms with E-state index in [-0.39, 0.29) is 25.6 Å². The fourth-order valence-electron chi connectivity index (χ4n) is 0.835. The van der Waals surface area contributed by atoms with Crippen LogP contribution in [0.2, 0.25) is 0 Å². The molecule has 1 rings (SSSR count). The lowest BCUT2D eigenvalue weighted by atomic mass is 10.2. The quantitative estimate of drug-likeness (QED) is 0.639. The first-order chi connectivity index (χ1) is 7.74. The molecule has 4 nitrogen and oxygen atoms in total. The van der Waals surface area contributed by atoms with E-state index in [9.17, 15) is 4.39 Å². The Kier molecular flexibility index (Phi) is 9.84. The van der Waals surface area contributed by atoms with Crippen LogP contribution in [0.5, 0.6) is 0 Å². The van der Waals surface area contributed by atoms with Crippen molar-refractivity contribution in [2.24, 2.45) is 0 Å². The highest BCUT2D eigenvalue weighted by Gasteiger charge is 1.92. The van der Waals surface area contributed by atoms with Crippen LogP contribution in [0.3, 0.4) is 0 Å². The van der Waals surface area contributed by atoms with Crippen molar-refractivity contribution in [2.45, 2.75) is 6.61 Å². The Bertz CT molecular complexity index is 249. The van der Waals surface area contributed by atoms with Crippen LogP contribution in [0.1, 0.15) is 5.56 Å². The van der Waals surface area contributed by atoms with E-state index < -0.39 is 0 Å². The van der Waals surface area contributed by atoms with Crippen LogP contribution in [0, 0.1) is 5.82 Å². The molecular formula is C11H17FO4. The Balaban J connectivity index is 0.000000487. The molecular weight excluding hydrogens is 215 g/mol. The van der Waals surface area contributed by atoms with Crippen molar-refractivity contribution in [1.82, 2.24) is 0 Å². The topological polar surface area (TPSA) is 69.9 Å². The minimum absolute atomic E-state index is 0.0151. The summed E-state index contributed by atoms with van der Waals surface area (Å²) in [6.45, 7) is 0.499. The molecule has 0 amide bonds. The van der Waals surface area contributed by atoms with Crippen molar-refractivity contribution >= 4 is 0 Å². The zero-order chi connectivity index (χ0) is 12.2. The largest absolute Gasteiger partial charge is 0.394 e. The Morgan fingerprint density at radius 3 is 1.94 bits per heavy atom. The first-order valence-electron chi connectivity index (χ1n) is 4.89. The van der Waals surface area contributed by atoms with Crippen molar-refractivity contribution in [1.29, 1.82) is 0 Å². The average Bonchev–Trinajstić information content (AvgIpc) is 2.32. The van der Waals surface area contributed by atoms with Crippen LogP contribution >= 0.6 is 0 Å². The normalized spacial score (nSPS) is 9.50. The van der Waals surface area contributed by atoms with Crippen LogP contribution < -0.4 is 0 Å². The van der Waals surface area contributed by atoms with Gasteiger partial charge in [-0.25, -0.2) is 4.39 Å². The number of halogens is 1. The molecule has 92 valence electrons. The molecule has 0 unspecified atom stereocenters. The average molecular weight is 232 g/mol. The van der Waals surface area contributed by atoms with Gasteiger partial charge >= 0.3 is 0 Å². The molecule has 5 heteroatoms. The van der Waals surface area contributed by atoms with Crippen molar-refractivity contribution in [2.75, 3.05) is 26.4 Å². The van der Waals surface area contributed by atoms with E-state index in [1.165, 1.54) is 12.1 Å². The molecule has 0 aliphatic rings. The van der Waals surface area contributed by atoms with Gasteiger partial charge in [-0.05, 0) is 17.7 Å². The van der Waals surface area contributed by atoms with Crippen LogP contribution in [0.25, 0.3) is 0 Å². The fraction of sp³-hybridized carbons (Fsp3) is 0.455. The fourth-order valence-corrected chi connectivity index (χ4v) is 0.835. The molecule has 0 aliphatic heterocycles. The number of benzene rings is 1. The summed E-state index contributed by atoms with van der Waals surface area (Å²) in [6.07, 6.45) is 0. The Labute approximate surface area is 93.9 Å². The third kappa shape index (κ3) is 8.31. The minimum Gasteiger partial charge on any atom is -0.394 e. The van der Waals surface area contributed by atoms with Crippen molar-refractivity contribution in [3.8, 4) is 0 Å². The smallest absolute Gasteiger partial charge is 0.123 e. The van der Waals surface area contributed by atoms with E-state index in [0.717, 1.165) is 5.56 Å². The summed E-state index contributed by atoms with van der Waals surface area (Å²) in [5.41, 5.74) is 0.907. The predicted octanol–water partition coefficient (Wildman–Crippen LogP) is 0.306. The number of aliphatic hydroxyl groups is 3. The molecule has 0 aliphatic carbocycles. The van der Waals surface area contributed by atoms with Gasteiger partial charge < -0.3 is 20.1 Å². The molecule has 0 fully saturated rings. The SMILES string of the molecule is OCCO.OCCOCc1ccc(F)cc1. The first-order valence-corrected chi connectivity index (χ1v) is 4.89. The standard InChI is InChI=1S/C9H11FO2.C2H6O2/c10-9-3-1-8(2-4-9)7-12-6-5-11;3-1-2-4/h1-4,11H,5-7H2;3-4H,1-2H2. The Morgan fingerprint density at radius 2 is 1.50 bits per heavy atom. The second kappa shape index (κ2) is 10.5. The lowest BCUT2D eigenvalue weighted by Gasteiger charge is -2.01. The highest BCUT2D eigenvalue weighted by atomic mass is 19.1. The summed E-state index contributed by atoms with van der Waals surface area (Å²) >= 11 is 0. The van der Waals surface area contributed by atoms with Gasteiger partial charge in [0.15, 0.2) is 0 Å². The van der Waals surface area contributed by atoms with E-state index in [0.29, 0.717) is 13.2 Å². The second-order valence-corrected chi connectivity index (χ2v) is 2.85. The maximum Gasteiger partial charge on any atom is 0.123 e. The van der Waals surface area contributed by atoms with Crippen molar-refractivity contribution in [3.63, 3.8) is 0 Å². The summed E-state index contributed by atoms with van der Waals surface area (Å²) < 4.78 is 17.4. The van der Waals surface area contributed by atoms with Crippen molar-refractivity contribution in [3.05, 3.63) is 35.6 Å². The van der Waals surface area contributed by atoms with Crippen LogP contribution in [0.15, 0.2) is 24.3 Å². The lowest BCUT2D eigenvalue weighted by molar-refractivity contribution is 0.0815. The van der Waals surface area contributed by atoms with E-state index in [4.69, 9.17) is 20.1 Å². The maximum atomic E-state index is 12.4. The number of hydrogen-bond donors (Lipinski definition) is 3. The maximum absolute atomic E-state index is 12.4. The molecule has 3 N–H and O–H groups in total. The van der Waals surface area contributed by atoms with Crippen LogP contribution in [-0.2, 0) is 11.3 Å². The number of ether oxygens (including phenoxy) is 1. The molecule has 0 heterocycles. The lowest BCUT2D eigenvalue weighted by Crippen LogP contribution is -1.98. The Morgan fingerprint density at radius 1 is 0.938 bits per heavy atom. The first kappa shape index (κ1) is 15.0. The number of hydrogen-bond acceptors (Lipinski definition) is 4. The zero-order valence-corrected chi connectivity index (χ0v) is 8.97. The summed E-state index contributed by atoms with van der Waals surface area (Å²) in [6, 6.07) is 6.09. The molecule has 1 aromatic rings. The number of aliphatic hydroxyl groups excluding tert-OH is 3. The summed E-state index contributed by atoms with van der Waals surface area (Å²) in [5, 5.41) is 23.7. The molecule has 0 saturated carbocycles. The van der Waals surface area contributed by atoms with Gasteiger partial charge in [0, 0.05) is 0 Å². The van der Waals surface area contributed by atoms with Gasteiger partial charge in [-0.15, -0.1) is 0 Å². The summed E-state index contributed by atoms with van der Waals surface area (Å²) in [5.74, 6) is -0.249. The molecule has 0 atom stereocenters. The van der Waals surface area contributed by atoms with E-state index >= 15 is 0 Å². The van der Waals surface area contributed by atoms with Gasteiger partial charge in [0.2, 0.25) is 0 Å².